The van der Waals surface area contributed by atoms with Gasteiger partial charge in [-0.2, -0.15) is 0 Å². The molecule has 1 aliphatic heterocycles. The summed E-state index contributed by atoms with van der Waals surface area (Å²) in [4.78, 5) is 9.15. The molecular weight excluding hydrogens is 451 g/mol. The van der Waals surface area contributed by atoms with Crippen LogP contribution in [-0.2, 0) is 13.1 Å². The molecule has 0 radical (unpaired) electrons. The van der Waals surface area contributed by atoms with Gasteiger partial charge in [-0.1, -0.05) is 48.5 Å². The molecule has 34 heavy (non-hydrogen) atoms. The molecule has 6 nitrogen and oxygen atoms in total. The van der Waals surface area contributed by atoms with Gasteiger partial charge in [0.1, 0.15) is 29.0 Å². The number of anilines is 1. The van der Waals surface area contributed by atoms with E-state index in [1.54, 1.807) is 24.4 Å². The van der Waals surface area contributed by atoms with Gasteiger partial charge in [-0.25, -0.2) is 14.4 Å². The van der Waals surface area contributed by atoms with Crippen molar-refractivity contribution in [3.63, 3.8) is 0 Å². The molecule has 3 aromatic rings. The maximum Gasteiger partial charge on any atom is 0.142 e. The molecule has 0 spiro atoms. The van der Waals surface area contributed by atoms with Crippen molar-refractivity contribution in [2.75, 3.05) is 18.8 Å². The molecule has 1 saturated heterocycles. The van der Waals surface area contributed by atoms with Crippen molar-refractivity contribution in [2.45, 2.75) is 32.4 Å². The van der Waals surface area contributed by atoms with E-state index in [1.165, 1.54) is 18.9 Å². The predicted molar refractivity (Wildman–Crippen MR) is 137 cm³/mol. The van der Waals surface area contributed by atoms with Crippen LogP contribution in [0.5, 0.6) is 0 Å². The average Bonchev–Trinajstić information content (AvgIpc) is 3.16. The monoisotopic (exact) mass is 480 g/mol. The van der Waals surface area contributed by atoms with Crippen molar-refractivity contribution in [1.29, 1.82) is 0 Å². The largest absolute Gasteiger partial charge is 0.383 e. The van der Waals surface area contributed by atoms with Crippen LogP contribution in [-0.4, -0.2) is 28.9 Å². The number of imidazole rings is 1. The van der Waals surface area contributed by atoms with Crippen LogP contribution in [0.2, 0.25) is 5.02 Å². The van der Waals surface area contributed by atoms with E-state index >= 15 is 0 Å². The van der Waals surface area contributed by atoms with Gasteiger partial charge in [-0.15, -0.1) is 0 Å². The van der Waals surface area contributed by atoms with Crippen molar-refractivity contribution in [3.05, 3.63) is 83.0 Å². The number of benzene rings is 2. The Kier molecular flexibility index (Phi) is 7.98. The fraction of sp³-hybridized carbons (Fsp3) is 0.308. The van der Waals surface area contributed by atoms with Gasteiger partial charge in [0.05, 0.1) is 6.21 Å². The fourth-order valence-electron chi connectivity index (χ4n) is 4.16. The van der Waals surface area contributed by atoms with Crippen LogP contribution in [0.25, 0.3) is 11.4 Å². The molecule has 0 aliphatic carbocycles. The van der Waals surface area contributed by atoms with Gasteiger partial charge >= 0.3 is 0 Å². The predicted octanol–water partition coefficient (Wildman–Crippen LogP) is 4.99. The number of hydrogen-bond acceptors (Lipinski definition) is 5. The molecule has 1 aliphatic rings. The first kappa shape index (κ1) is 24.0. The summed E-state index contributed by atoms with van der Waals surface area (Å²) in [5, 5.41) is 7.08. The third kappa shape index (κ3) is 6.04. The summed E-state index contributed by atoms with van der Waals surface area (Å²) in [5.74, 6) is 2.11. The smallest absolute Gasteiger partial charge is 0.142 e. The van der Waals surface area contributed by atoms with Gasteiger partial charge in [-0.05, 0) is 56.5 Å². The highest BCUT2D eigenvalue weighted by Crippen LogP contribution is 2.28. The van der Waals surface area contributed by atoms with Gasteiger partial charge in [0, 0.05) is 29.2 Å². The molecule has 4 rings (SSSR count). The minimum absolute atomic E-state index is 0.269. The van der Waals surface area contributed by atoms with E-state index in [-0.39, 0.29) is 12.4 Å². The van der Waals surface area contributed by atoms with Crippen LogP contribution in [0.1, 0.15) is 30.5 Å². The second kappa shape index (κ2) is 11.3. The summed E-state index contributed by atoms with van der Waals surface area (Å²) >= 11 is 6.24. The van der Waals surface area contributed by atoms with E-state index < -0.39 is 0 Å². The van der Waals surface area contributed by atoms with E-state index in [0.717, 1.165) is 37.4 Å². The number of nitrogens with zero attached hydrogens (tertiary/aromatic N) is 3. The van der Waals surface area contributed by atoms with Crippen molar-refractivity contribution in [3.8, 4) is 11.4 Å². The Hall–Kier alpha value is -3.16. The van der Waals surface area contributed by atoms with Crippen molar-refractivity contribution in [2.24, 2.45) is 10.9 Å². The molecular formula is C26H30ClFN6. The molecule has 2 heterocycles. The zero-order chi connectivity index (χ0) is 23.9. The van der Waals surface area contributed by atoms with E-state index in [0.29, 0.717) is 33.8 Å². The van der Waals surface area contributed by atoms with Gasteiger partial charge in [-0.3, -0.25) is 0 Å². The summed E-state index contributed by atoms with van der Waals surface area (Å²) in [6.07, 6.45) is 4.97. The summed E-state index contributed by atoms with van der Waals surface area (Å²) in [6, 6.07) is 14.2. The number of halogens is 2. The number of nitrogens with one attached hydrogen (secondary N) is 2. The molecule has 0 atom stereocenters. The second-order valence-corrected chi connectivity index (χ2v) is 8.94. The summed E-state index contributed by atoms with van der Waals surface area (Å²) in [7, 11) is 0. The molecule has 2 aromatic carbocycles. The van der Waals surface area contributed by atoms with Crippen molar-refractivity contribution in [1.82, 2.24) is 20.2 Å². The Morgan fingerprint density at radius 2 is 2.06 bits per heavy atom. The van der Waals surface area contributed by atoms with Gasteiger partial charge in [0.15, 0.2) is 0 Å². The second-order valence-electron chi connectivity index (χ2n) is 8.50. The standard InChI is InChI=1S/C26H30ClFN6/c1-18(31-16-21-5-2-3-8-23(21)28)32-17-24-25(29)34(14-11-19-9-12-30-13-10-19)26(33-24)20-6-4-7-22(27)15-20/h2-8,15,17,19,30-31H,1,9-14,16,29H2/b32-17-. The molecule has 178 valence electrons. The Balaban J connectivity index is 1.52. The van der Waals surface area contributed by atoms with Gasteiger partial charge in [0.2, 0.25) is 0 Å². The van der Waals surface area contributed by atoms with Crippen LogP contribution >= 0.6 is 11.6 Å². The zero-order valence-corrected chi connectivity index (χ0v) is 19.9. The maximum atomic E-state index is 13.8. The zero-order valence-electron chi connectivity index (χ0n) is 19.1. The molecule has 8 heteroatoms. The minimum atomic E-state index is -0.269. The Bertz CT molecular complexity index is 1170. The van der Waals surface area contributed by atoms with Crippen LogP contribution in [0.3, 0.4) is 0 Å². The lowest BCUT2D eigenvalue weighted by Gasteiger charge is -2.23. The summed E-state index contributed by atoms with van der Waals surface area (Å²) in [5.41, 5.74) is 8.54. The number of piperidine rings is 1. The third-order valence-corrected chi connectivity index (χ3v) is 6.36. The van der Waals surface area contributed by atoms with Crippen LogP contribution < -0.4 is 16.4 Å². The number of aliphatic imine (C=N–C) groups is 1. The molecule has 1 aromatic heterocycles. The van der Waals surface area contributed by atoms with Gasteiger partial charge in [0.25, 0.3) is 0 Å². The SMILES string of the molecule is C=C(/N=C\c1nc(-c2cccc(Cl)c2)n(CCC2CCNCC2)c1N)NCc1ccccc1F. The fourth-order valence-corrected chi connectivity index (χ4v) is 4.35. The first-order valence-corrected chi connectivity index (χ1v) is 11.9. The minimum Gasteiger partial charge on any atom is -0.383 e. The molecule has 0 bridgehead atoms. The number of nitrogen functional groups attached to an aromatic ring is 1. The van der Waals surface area contributed by atoms with E-state index in [9.17, 15) is 4.39 Å². The number of rotatable bonds is 9. The lowest BCUT2D eigenvalue weighted by molar-refractivity contribution is 0.339. The van der Waals surface area contributed by atoms with Gasteiger partial charge < -0.3 is 20.9 Å². The first-order chi connectivity index (χ1) is 16.5. The Morgan fingerprint density at radius 3 is 2.82 bits per heavy atom. The first-order valence-electron chi connectivity index (χ1n) is 11.5. The normalized spacial score (nSPS) is 14.5. The third-order valence-electron chi connectivity index (χ3n) is 6.12. The van der Waals surface area contributed by atoms with E-state index in [4.69, 9.17) is 22.3 Å². The topological polar surface area (TPSA) is 80.3 Å². The highest BCUT2D eigenvalue weighted by Gasteiger charge is 2.18. The summed E-state index contributed by atoms with van der Waals surface area (Å²) in [6.45, 7) is 7.09. The summed E-state index contributed by atoms with van der Waals surface area (Å²) < 4.78 is 15.9. The molecule has 0 saturated carbocycles. The molecule has 4 N–H and O–H groups in total. The maximum absolute atomic E-state index is 13.8. The average molecular weight is 481 g/mol. The molecule has 0 amide bonds. The Labute approximate surface area is 204 Å². The van der Waals surface area contributed by atoms with Crippen LogP contribution in [0.15, 0.2) is 65.9 Å². The van der Waals surface area contributed by atoms with Crippen molar-refractivity contribution < 1.29 is 4.39 Å². The molecule has 1 fully saturated rings. The van der Waals surface area contributed by atoms with E-state index in [2.05, 4.69) is 22.2 Å². The highest BCUT2D eigenvalue weighted by molar-refractivity contribution is 6.30. The quantitative estimate of drug-likeness (QED) is 0.377. The lowest BCUT2D eigenvalue weighted by atomic mass is 9.95. The Morgan fingerprint density at radius 1 is 1.26 bits per heavy atom. The molecule has 0 unspecified atom stereocenters. The van der Waals surface area contributed by atoms with Crippen LogP contribution in [0.4, 0.5) is 10.2 Å². The number of hydrogen-bond donors (Lipinski definition) is 3. The van der Waals surface area contributed by atoms with E-state index in [1.807, 2.05) is 28.8 Å². The number of aromatic nitrogens is 2. The van der Waals surface area contributed by atoms with Crippen LogP contribution in [0, 0.1) is 11.7 Å². The number of nitrogens with two attached hydrogens (primary N) is 1. The highest BCUT2D eigenvalue weighted by atomic mass is 35.5. The van der Waals surface area contributed by atoms with Crippen molar-refractivity contribution >= 4 is 23.6 Å². The lowest BCUT2D eigenvalue weighted by Crippen LogP contribution is -2.28.